The lowest BCUT2D eigenvalue weighted by atomic mass is 9.95. The topological polar surface area (TPSA) is 188 Å². The Morgan fingerprint density at radius 3 is 2.59 bits per heavy atom. The monoisotopic (exact) mass is 539 g/mol. The molecule has 2 heterocycles. The van der Waals surface area contributed by atoms with Crippen molar-refractivity contribution >= 4 is 13.8 Å². The molecule has 0 radical (unpaired) electrons. The van der Waals surface area contributed by atoms with Crippen LogP contribution in [0.1, 0.15) is 27.0 Å². The van der Waals surface area contributed by atoms with E-state index in [1.165, 1.54) is 19.1 Å². The first-order valence-electron chi connectivity index (χ1n) is 11.0. The summed E-state index contributed by atoms with van der Waals surface area (Å²) in [4.78, 5) is 41.0. The maximum atomic E-state index is 13.5. The molecule has 37 heavy (non-hydrogen) atoms. The van der Waals surface area contributed by atoms with E-state index in [1.54, 1.807) is 32.0 Å². The number of para-hydroxylation sites is 1. The molecule has 1 aliphatic heterocycles. The molecule has 1 saturated heterocycles. The minimum atomic E-state index is -4.59. The third-order valence-corrected chi connectivity index (χ3v) is 6.52. The molecule has 2 unspecified atom stereocenters. The van der Waals surface area contributed by atoms with E-state index >= 15 is 0 Å². The summed E-state index contributed by atoms with van der Waals surface area (Å²) < 4.78 is 40.8. The van der Waals surface area contributed by atoms with Crippen LogP contribution >= 0.6 is 7.82 Å². The second-order valence-electron chi connectivity index (χ2n) is 8.21. The first-order valence-corrected chi connectivity index (χ1v) is 12.4. The zero-order valence-electron chi connectivity index (χ0n) is 20.0. The van der Waals surface area contributed by atoms with Crippen LogP contribution in [0, 0.1) is 12.3 Å². The molecule has 1 fully saturated rings. The van der Waals surface area contributed by atoms with Gasteiger partial charge in [-0.1, -0.05) is 24.1 Å². The number of H-pyrrole nitrogens is 1. The fourth-order valence-electron chi connectivity index (χ4n) is 3.28. The first kappa shape index (κ1) is 28.3. The van der Waals surface area contributed by atoms with Crippen molar-refractivity contribution in [2.75, 3.05) is 6.61 Å². The average Bonchev–Trinajstić information content (AvgIpc) is 3.08. The van der Waals surface area contributed by atoms with Crippen molar-refractivity contribution in [3.05, 3.63) is 57.6 Å². The number of aliphatic hydroxyl groups excluding tert-OH is 1. The van der Waals surface area contributed by atoms with E-state index in [4.69, 9.17) is 29.5 Å². The van der Waals surface area contributed by atoms with E-state index in [0.717, 1.165) is 6.33 Å². The van der Waals surface area contributed by atoms with E-state index in [-0.39, 0.29) is 5.75 Å². The highest BCUT2D eigenvalue weighted by molar-refractivity contribution is 7.49. The molecule has 15 heteroatoms. The number of benzene rings is 1. The maximum absolute atomic E-state index is 13.5. The summed E-state index contributed by atoms with van der Waals surface area (Å²) in [6.45, 7) is 3.78. The van der Waals surface area contributed by atoms with Crippen LogP contribution in [0.3, 0.4) is 0 Å². The van der Waals surface area contributed by atoms with Crippen molar-refractivity contribution in [2.45, 2.75) is 57.0 Å². The van der Waals surface area contributed by atoms with Gasteiger partial charge in [0.2, 0.25) is 0 Å². The number of rotatable bonds is 10. The Labute approximate surface area is 210 Å². The lowest BCUT2D eigenvalue weighted by molar-refractivity contribution is -0.156. The Bertz CT molecular complexity index is 1310. The van der Waals surface area contributed by atoms with Gasteiger partial charge in [0.05, 0.1) is 12.7 Å². The zero-order valence-corrected chi connectivity index (χ0v) is 20.9. The summed E-state index contributed by atoms with van der Waals surface area (Å²) >= 11 is 0. The quantitative estimate of drug-likeness (QED) is 0.210. The minimum absolute atomic E-state index is 0.0759. The number of terminal acetylenes is 1. The molecule has 14 nitrogen and oxygen atoms in total. The molecule has 6 atom stereocenters. The van der Waals surface area contributed by atoms with Crippen molar-refractivity contribution < 1.29 is 42.6 Å². The van der Waals surface area contributed by atoms with Gasteiger partial charge in [-0.3, -0.25) is 18.6 Å². The van der Waals surface area contributed by atoms with E-state index in [2.05, 4.69) is 4.98 Å². The first-order chi connectivity index (χ1) is 17.4. The Morgan fingerprint density at radius 1 is 1.32 bits per heavy atom. The number of phosphoric acid groups is 1. The van der Waals surface area contributed by atoms with Crippen LogP contribution in [0.4, 0.5) is 0 Å². The van der Waals surface area contributed by atoms with E-state index in [9.17, 15) is 29.2 Å². The van der Waals surface area contributed by atoms with Crippen LogP contribution in [0.25, 0.3) is 0 Å². The summed E-state index contributed by atoms with van der Waals surface area (Å²) in [5.74, 6) is 1.21. The van der Waals surface area contributed by atoms with Crippen molar-refractivity contribution in [3.8, 4) is 18.1 Å². The Balaban J connectivity index is 1.84. The Hall–Kier alpha value is -3.31. The van der Waals surface area contributed by atoms with Gasteiger partial charge in [0, 0.05) is 0 Å². The highest BCUT2D eigenvalue weighted by atomic mass is 31.2. The van der Waals surface area contributed by atoms with Gasteiger partial charge in [-0.15, -0.1) is 6.42 Å². The van der Waals surface area contributed by atoms with E-state index < -0.39 is 68.0 Å². The number of esters is 1. The molecule has 2 aromatic rings. The van der Waals surface area contributed by atoms with Crippen LogP contribution in [-0.2, 0) is 27.9 Å². The zero-order chi connectivity index (χ0) is 27.4. The van der Waals surface area contributed by atoms with Crippen molar-refractivity contribution in [2.24, 2.45) is 0 Å². The number of phosphoric ester groups is 1. The minimum Gasteiger partial charge on any atom is -0.461 e. The van der Waals surface area contributed by atoms with Crippen LogP contribution in [0.15, 0.2) is 46.2 Å². The number of aromatic nitrogens is 3. The van der Waals surface area contributed by atoms with Crippen molar-refractivity contribution in [1.82, 2.24) is 14.5 Å². The molecule has 3 rings (SSSR count). The third-order valence-electron chi connectivity index (χ3n) is 5.04. The summed E-state index contributed by atoms with van der Waals surface area (Å²) in [6, 6.07) is 7.78. The van der Waals surface area contributed by atoms with Gasteiger partial charge >= 0.3 is 25.2 Å². The predicted molar refractivity (Wildman–Crippen MR) is 125 cm³/mol. The lowest BCUT2D eigenvalue weighted by Crippen LogP contribution is -2.48. The van der Waals surface area contributed by atoms with Gasteiger partial charge in [0.15, 0.2) is 17.9 Å². The third kappa shape index (κ3) is 6.53. The highest BCUT2D eigenvalue weighted by Gasteiger charge is 2.56. The number of nitrogens with zero attached hydrogens (tertiary/aromatic N) is 2. The largest absolute Gasteiger partial charge is 0.530 e. The van der Waals surface area contributed by atoms with Crippen molar-refractivity contribution in [1.29, 1.82) is 0 Å². The normalized spacial score (nSPS) is 25.7. The molecule has 0 saturated carbocycles. The molecule has 1 aromatic carbocycles. The molecule has 3 N–H and O–H groups in total. The Kier molecular flexibility index (Phi) is 8.70. The van der Waals surface area contributed by atoms with Crippen LogP contribution in [0.5, 0.6) is 5.75 Å². The van der Waals surface area contributed by atoms with Crippen molar-refractivity contribution in [3.63, 3.8) is 0 Å². The molecular weight excluding hydrogens is 513 g/mol. The van der Waals surface area contributed by atoms with Crippen LogP contribution in [-0.4, -0.2) is 67.3 Å². The molecular formula is C22H26N3O11P. The van der Waals surface area contributed by atoms with Gasteiger partial charge in [0.25, 0.3) is 0 Å². The molecule has 1 aromatic heterocycles. The maximum Gasteiger partial charge on any atom is 0.530 e. The van der Waals surface area contributed by atoms with E-state index in [0.29, 0.717) is 4.57 Å². The number of aromatic amines is 1. The number of ether oxygens (including phenoxy) is 2. The number of carbonyl (C=O) groups is 1. The predicted octanol–water partition coefficient (Wildman–Crippen LogP) is 0.115. The average molecular weight is 539 g/mol. The SMILES string of the molecule is C#C[C@@]1(O)C(O)[C@@H](COP(=O)(Oc2ccccc2)O[C@@H](C)C(=O)OC(C)C)O[C@H]1n1cnc(=O)[nH]c1=O. The standard InChI is InChI=1S/C22H26N3O11P/c1-5-22(30)17(26)16(34-19(22)25-12-23-20(28)24-21(25)29)11-32-37(31,36-15-9-7-6-8-10-15)35-14(4)18(27)33-13(2)3/h1,6-10,12-14,16-17,19,26,30H,11H2,2-4H3,(H,24,28,29)/t14-,16+,17?,19+,22+,37?/m0/s1. The molecule has 1 aliphatic rings. The number of hydrogen-bond acceptors (Lipinski definition) is 12. The number of hydrogen-bond donors (Lipinski definition) is 3. The summed E-state index contributed by atoms with van der Waals surface area (Å²) in [6.07, 6.45) is -0.710. The molecule has 0 spiro atoms. The molecule has 0 amide bonds. The highest BCUT2D eigenvalue weighted by Crippen LogP contribution is 2.51. The van der Waals surface area contributed by atoms with Gasteiger partial charge in [0.1, 0.15) is 24.3 Å². The second-order valence-corrected chi connectivity index (χ2v) is 9.76. The summed E-state index contributed by atoms with van der Waals surface area (Å²) in [7, 11) is -4.59. The molecule has 0 aliphatic carbocycles. The van der Waals surface area contributed by atoms with Gasteiger partial charge < -0.3 is 24.2 Å². The van der Waals surface area contributed by atoms with Crippen LogP contribution in [0.2, 0.25) is 0 Å². The van der Waals surface area contributed by atoms with Gasteiger partial charge in [-0.05, 0) is 32.9 Å². The second kappa shape index (κ2) is 11.4. The number of nitrogens with one attached hydrogen (secondary N) is 1. The lowest BCUT2D eigenvalue weighted by Gasteiger charge is -2.26. The molecule has 200 valence electrons. The van der Waals surface area contributed by atoms with E-state index in [1.807, 2.05) is 10.9 Å². The van der Waals surface area contributed by atoms with Crippen LogP contribution < -0.4 is 15.9 Å². The number of carbonyl (C=O) groups excluding carboxylic acids is 1. The summed E-state index contributed by atoms with van der Waals surface area (Å²) in [5, 5.41) is 21.6. The molecule has 0 bridgehead atoms. The smallest absolute Gasteiger partial charge is 0.461 e. The van der Waals surface area contributed by atoms with Gasteiger partial charge in [-0.2, -0.15) is 4.98 Å². The summed E-state index contributed by atoms with van der Waals surface area (Å²) in [5.41, 5.74) is -4.45. The fraction of sp³-hybridized carbons (Fsp3) is 0.455. The number of aliphatic hydroxyl groups is 2. The van der Waals surface area contributed by atoms with Gasteiger partial charge in [-0.25, -0.2) is 18.9 Å². The fourth-order valence-corrected chi connectivity index (χ4v) is 4.62. The Morgan fingerprint density at radius 2 is 2.00 bits per heavy atom.